The van der Waals surface area contributed by atoms with E-state index in [2.05, 4.69) is 27.1 Å². The number of anilines is 2. The molecule has 1 aliphatic carbocycles. The molecule has 2 heterocycles. The first-order valence-electron chi connectivity index (χ1n) is 7.57. The number of nitrogens with one attached hydrogen (secondary N) is 1. The van der Waals surface area contributed by atoms with Gasteiger partial charge in [-0.15, -0.1) is 0 Å². The number of nitrogens with zero attached hydrogens (tertiary/aromatic N) is 3. The van der Waals surface area contributed by atoms with Crippen LogP contribution < -0.4 is 10.2 Å². The molecule has 0 radical (unpaired) electrons. The van der Waals surface area contributed by atoms with Crippen molar-refractivity contribution in [2.45, 2.75) is 51.5 Å². The van der Waals surface area contributed by atoms with E-state index in [1.54, 1.807) is 6.33 Å². The van der Waals surface area contributed by atoms with Gasteiger partial charge in [0.15, 0.2) is 0 Å². The quantitative estimate of drug-likeness (QED) is 0.907. The average Bonchev–Trinajstić information content (AvgIpc) is 3.09. The van der Waals surface area contributed by atoms with Crippen LogP contribution in [-0.4, -0.2) is 29.6 Å². The molecule has 1 N–H and O–H groups in total. The molecule has 4 heteroatoms. The van der Waals surface area contributed by atoms with E-state index in [-0.39, 0.29) is 0 Å². The van der Waals surface area contributed by atoms with E-state index in [1.165, 1.54) is 44.1 Å². The molecule has 1 aliphatic heterocycles. The molecule has 19 heavy (non-hydrogen) atoms. The number of rotatable bonds is 3. The first kappa shape index (κ1) is 12.7. The van der Waals surface area contributed by atoms with E-state index < -0.39 is 0 Å². The first-order valence-corrected chi connectivity index (χ1v) is 7.57. The van der Waals surface area contributed by atoms with Crippen LogP contribution in [0.1, 0.15) is 44.1 Å². The molecular formula is C15H24N4. The highest BCUT2D eigenvalue weighted by Gasteiger charge is 2.34. The molecule has 0 aromatic carbocycles. The fourth-order valence-electron chi connectivity index (χ4n) is 3.87. The van der Waals surface area contributed by atoms with Gasteiger partial charge >= 0.3 is 0 Å². The van der Waals surface area contributed by atoms with E-state index >= 15 is 0 Å². The molecule has 4 nitrogen and oxygen atoms in total. The van der Waals surface area contributed by atoms with Gasteiger partial charge in [0.05, 0.1) is 0 Å². The molecule has 2 aliphatic rings. The molecule has 2 fully saturated rings. The summed E-state index contributed by atoms with van der Waals surface area (Å²) in [5.74, 6) is 2.99. The van der Waals surface area contributed by atoms with Crippen LogP contribution in [-0.2, 0) is 0 Å². The Balaban J connectivity index is 1.87. The molecule has 1 aromatic rings. The Morgan fingerprint density at radius 2 is 1.95 bits per heavy atom. The van der Waals surface area contributed by atoms with Gasteiger partial charge < -0.3 is 10.2 Å². The normalized spacial score (nSPS) is 24.1. The summed E-state index contributed by atoms with van der Waals surface area (Å²) in [4.78, 5) is 11.4. The van der Waals surface area contributed by atoms with E-state index in [9.17, 15) is 0 Å². The van der Waals surface area contributed by atoms with Crippen LogP contribution in [0.2, 0.25) is 0 Å². The van der Waals surface area contributed by atoms with Crippen molar-refractivity contribution in [3.63, 3.8) is 0 Å². The van der Waals surface area contributed by atoms with E-state index in [0.29, 0.717) is 6.04 Å². The van der Waals surface area contributed by atoms with Crippen molar-refractivity contribution in [3.8, 4) is 0 Å². The second kappa shape index (κ2) is 5.35. The Bertz CT molecular complexity index is 440. The van der Waals surface area contributed by atoms with Crippen LogP contribution in [0, 0.1) is 12.8 Å². The summed E-state index contributed by atoms with van der Waals surface area (Å²) in [5, 5.41) is 3.17. The minimum absolute atomic E-state index is 0.709. The lowest BCUT2D eigenvalue weighted by Gasteiger charge is -2.31. The van der Waals surface area contributed by atoms with Crippen molar-refractivity contribution in [1.29, 1.82) is 0 Å². The number of hydrogen-bond donors (Lipinski definition) is 1. The third-order valence-electron chi connectivity index (χ3n) is 4.81. The van der Waals surface area contributed by atoms with Gasteiger partial charge in [-0.25, -0.2) is 9.97 Å². The largest absolute Gasteiger partial charge is 0.373 e. The van der Waals surface area contributed by atoms with Crippen LogP contribution in [0.15, 0.2) is 6.33 Å². The number of aromatic nitrogens is 2. The van der Waals surface area contributed by atoms with Crippen molar-refractivity contribution in [3.05, 3.63) is 11.9 Å². The zero-order valence-electron chi connectivity index (χ0n) is 12.0. The third-order valence-corrected chi connectivity index (χ3v) is 4.81. The van der Waals surface area contributed by atoms with Crippen LogP contribution in [0.25, 0.3) is 0 Å². The second-order valence-corrected chi connectivity index (χ2v) is 5.87. The summed E-state index contributed by atoms with van der Waals surface area (Å²) < 4.78 is 0. The van der Waals surface area contributed by atoms with Gasteiger partial charge in [-0.2, -0.15) is 0 Å². The zero-order chi connectivity index (χ0) is 13.2. The summed E-state index contributed by atoms with van der Waals surface area (Å²) in [6, 6.07) is 0.709. The van der Waals surface area contributed by atoms with E-state index in [0.717, 1.165) is 24.1 Å². The molecule has 1 saturated heterocycles. The van der Waals surface area contributed by atoms with Crippen LogP contribution >= 0.6 is 0 Å². The summed E-state index contributed by atoms with van der Waals surface area (Å²) in [6.07, 6.45) is 9.98. The Kier molecular flexibility index (Phi) is 3.58. The predicted octanol–water partition coefficient (Wildman–Crippen LogP) is 2.99. The van der Waals surface area contributed by atoms with Crippen molar-refractivity contribution in [2.24, 2.45) is 5.92 Å². The standard InChI is InChI=1S/C15H24N4/c1-11-14(16-2)17-10-18-15(11)19-9-5-8-13(19)12-6-3-4-7-12/h10,12-13H,3-9H2,1-2H3,(H,16,17,18). The van der Waals surface area contributed by atoms with Crippen molar-refractivity contribution in [1.82, 2.24) is 9.97 Å². The van der Waals surface area contributed by atoms with Crippen molar-refractivity contribution in [2.75, 3.05) is 23.8 Å². The molecule has 0 amide bonds. The lowest BCUT2D eigenvalue weighted by Crippen LogP contribution is -2.35. The molecule has 1 atom stereocenters. The Labute approximate surface area is 115 Å². The fourth-order valence-corrected chi connectivity index (χ4v) is 3.87. The summed E-state index contributed by atoms with van der Waals surface area (Å²) >= 11 is 0. The Hall–Kier alpha value is -1.32. The molecule has 0 bridgehead atoms. The summed E-state index contributed by atoms with van der Waals surface area (Å²) in [7, 11) is 1.93. The minimum atomic E-state index is 0.709. The molecule has 3 rings (SSSR count). The maximum Gasteiger partial charge on any atom is 0.137 e. The van der Waals surface area contributed by atoms with Gasteiger partial charge in [-0.05, 0) is 38.5 Å². The maximum atomic E-state index is 4.57. The van der Waals surface area contributed by atoms with Gasteiger partial charge in [0, 0.05) is 25.2 Å². The Morgan fingerprint density at radius 1 is 1.16 bits per heavy atom. The first-order chi connectivity index (χ1) is 9.31. The summed E-state index contributed by atoms with van der Waals surface area (Å²) in [6.45, 7) is 3.29. The molecule has 0 spiro atoms. The van der Waals surface area contributed by atoms with Gasteiger partial charge in [-0.3, -0.25) is 0 Å². The average molecular weight is 260 g/mol. The Morgan fingerprint density at radius 3 is 2.68 bits per heavy atom. The van der Waals surface area contributed by atoms with E-state index in [4.69, 9.17) is 0 Å². The maximum absolute atomic E-state index is 4.57. The third kappa shape index (κ3) is 2.28. The lowest BCUT2D eigenvalue weighted by molar-refractivity contribution is 0.429. The highest BCUT2D eigenvalue weighted by atomic mass is 15.2. The minimum Gasteiger partial charge on any atom is -0.373 e. The molecule has 1 aromatic heterocycles. The molecule has 104 valence electrons. The second-order valence-electron chi connectivity index (χ2n) is 5.87. The van der Waals surface area contributed by atoms with Crippen molar-refractivity contribution >= 4 is 11.6 Å². The predicted molar refractivity (Wildman–Crippen MR) is 78.6 cm³/mol. The monoisotopic (exact) mass is 260 g/mol. The zero-order valence-corrected chi connectivity index (χ0v) is 12.0. The van der Waals surface area contributed by atoms with Gasteiger partial charge in [-0.1, -0.05) is 12.8 Å². The van der Waals surface area contributed by atoms with Crippen molar-refractivity contribution < 1.29 is 0 Å². The fraction of sp³-hybridized carbons (Fsp3) is 0.733. The molecular weight excluding hydrogens is 236 g/mol. The lowest BCUT2D eigenvalue weighted by atomic mass is 9.96. The summed E-state index contributed by atoms with van der Waals surface area (Å²) in [5.41, 5.74) is 1.19. The van der Waals surface area contributed by atoms with Gasteiger partial charge in [0.25, 0.3) is 0 Å². The molecule has 1 saturated carbocycles. The van der Waals surface area contributed by atoms with Crippen LogP contribution in [0.5, 0.6) is 0 Å². The SMILES string of the molecule is CNc1ncnc(N2CCCC2C2CCCC2)c1C. The number of hydrogen-bond acceptors (Lipinski definition) is 4. The molecule has 1 unspecified atom stereocenters. The van der Waals surface area contributed by atoms with Crippen LogP contribution in [0.4, 0.5) is 11.6 Å². The van der Waals surface area contributed by atoms with Crippen LogP contribution in [0.3, 0.4) is 0 Å². The topological polar surface area (TPSA) is 41.1 Å². The smallest absolute Gasteiger partial charge is 0.137 e. The van der Waals surface area contributed by atoms with Gasteiger partial charge in [0.1, 0.15) is 18.0 Å². The van der Waals surface area contributed by atoms with E-state index in [1.807, 2.05) is 7.05 Å². The van der Waals surface area contributed by atoms with Gasteiger partial charge in [0.2, 0.25) is 0 Å². The highest BCUT2D eigenvalue weighted by molar-refractivity contribution is 5.58. The highest BCUT2D eigenvalue weighted by Crippen LogP contribution is 2.38.